The molecule has 0 heterocycles. The Balaban J connectivity index is -0.0000000800. The zero-order valence-corrected chi connectivity index (χ0v) is 6.35. The summed E-state index contributed by atoms with van der Waals surface area (Å²) in [6, 6.07) is 0. The van der Waals surface area contributed by atoms with Crippen molar-refractivity contribution < 1.29 is 46.0 Å². The van der Waals surface area contributed by atoms with Crippen LogP contribution in [0.3, 0.4) is 0 Å². The Hall–Kier alpha value is 1.08. The van der Waals surface area contributed by atoms with Crippen LogP contribution in [0.4, 0.5) is 0 Å². The SMILES string of the molecule is [Al+3].[Ni+2].[O]=[Cr](=[O])([O-])[O-]. The molecule has 7 heteroatoms. The quantitative estimate of drug-likeness (QED) is 0.391. The van der Waals surface area contributed by atoms with Gasteiger partial charge in [-0.2, -0.15) is 0 Å². The summed E-state index contributed by atoms with van der Waals surface area (Å²) >= 11 is -5.75. The van der Waals surface area contributed by atoms with Crippen LogP contribution in [-0.4, -0.2) is 17.4 Å². The van der Waals surface area contributed by atoms with Crippen molar-refractivity contribution in [1.29, 1.82) is 0 Å². The molecule has 0 saturated carbocycles. The van der Waals surface area contributed by atoms with Crippen molar-refractivity contribution in [1.82, 2.24) is 0 Å². The van der Waals surface area contributed by atoms with Gasteiger partial charge in [-0.05, 0) is 0 Å². The molecule has 0 fully saturated rings. The number of hydrogen-bond acceptors (Lipinski definition) is 4. The molecule has 0 atom stereocenters. The van der Waals surface area contributed by atoms with Gasteiger partial charge in [0, 0.05) is 0 Å². The van der Waals surface area contributed by atoms with E-state index in [4.69, 9.17) is 15.9 Å². The molecular weight excluding hydrogens is 202 g/mol. The van der Waals surface area contributed by atoms with Gasteiger partial charge in [-0.25, -0.2) is 0 Å². The molecule has 0 amide bonds. The fourth-order valence-electron chi connectivity index (χ4n) is 0. The Morgan fingerprint density at radius 1 is 1.14 bits per heavy atom. The summed E-state index contributed by atoms with van der Waals surface area (Å²) in [7, 11) is 0. The molecule has 4 nitrogen and oxygen atoms in total. The van der Waals surface area contributed by atoms with Crippen molar-refractivity contribution >= 4 is 17.4 Å². The molecule has 0 unspecified atom stereocenters. The maximum atomic E-state index is 8.59. The van der Waals surface area contributed by atoms with Gasteiger partial charge in [0.05, 0.1) is 0 Å². The average molecular weight is 202 g/mol. The maximum absolute atomic E-state index is 8.59. The monoisotopic (exact) mass is 201 g/mol. The molecular formula is AlCrNiO4+3. The summed E-state index contributed by atoms with van der Waals surface area (Å²) in [5.74, 6) is 0. The Morgan fingerprint density at radius 2 is 1.14 bits per heavy atom. The van der Waals surface area contributed by atoms with E-state index < -0.39 is 13.6 Å². The predicted molar refractivity (Wildman–Crippen MR) is 7.13 cm³/mol. The molecule has 0 aromatic carbocycles. The van der Waals surface area contributed by atoms with E-state index in [-0.39, 0.29) is 33.9 Å². The van der Waals surface area contributed by atoms with Crippen LogP contribution < -0.4 is 8.32 Å². The summed E-state index contributed by atoms with van der Waals surface area (Å²) in [5, 5.41) is 0. The Kier molecular flexibility index (Phi) is 11.7. The van der Waals surface area contributed by atoms with Crippen LogP contribution >= 0.6 is 0 Å². The fourth-order valence-corrected chi connectivity index (χ4v) is 0. The van der Waals surface area contributed by atoms with E-state index in [0.717, 1.165) is 0 Å². The van der Waals surface area contributed by atoms with Gasteiger partial charge in [-0.3, -0.25) is 0 Å². The zero-order valence-electron chi connectivity index (χ0n) is 2.93. The number of rotatable bonds is 0. The minimum absolute atomic E-state index is 0. The second-order valence-corrected chi connectivity index (χ2v) is 1.68. The first-order valence-electron chi connectivity index (χ1n) is 0.667. The molecule has 0 aliphatic heterocycles. The molecule has 7 heavy (non-hydrogen) atoms. The molecule has 40 valence electrons. The normalized spacial score (nSPS) is 8.29. The number of hydrogen-bond donors (Lipinski definition) is 0. The molecule has 0 aliphatic carbocycles. The van der Waals surface area contributed by atoms with Gasteiger partial charge < -0.3 is 0 Å². The van der Waals surface area contributed by atoms with Gasteiger partial charge in [-0.15, -0.1) is 0 Å². The van der Waals surface area contributed by atoms with Crippen LogP contribution in [0, 0.1) is 0 Å². The van der Waals surface area contributed by atoms with Gasteiger partial charge in [0.1, 0.15) is 0 Å². The van der Waals surface area contributed by atoms with E-state index in [1.165, 1.54) is 0 Å². The zero-order chi connectivity index (χ0) is 4.50. The summed E-state index contributed by atoms with van der Waals surface area (Å²) < 4.78 is 34.4. The molecule has 0 radical (unpaired) electrons. The van der Waals surface area contributed by atoms with Gasteiger partial charge in [0.2, 0.25) is 0 Å². The van der Waals surface area contributed by atoms with Crippen molar-refractivity contribution in [3.8, 4) is 0 Å². The van der Waals surface area contributed by atoms with Crippen molar-refractivity contribution in [2.45, 2.75) is 0 Å². The summed E-state index contributed by atoms with van der Waals surface area (Å²) in [6.45, 7) is 0. The first-order chi connectivity index (χ1) is 2.00. The predicted octanol–water partition coefficient (Wildman–Crippen LogP) is -3.00. The molecule has 0 rings (SSSR count). The van der Waals surface area contributed by atoms with Crippen molar-refractivity contribution in [3.05, 3.63) is 0 Å². The van der Waals surface area contributed by atoms with Gasteiger partial charge >= 0.3 is 63.4 Å². The van der Waals surface area contributed by atoms with Crippen molar-refractivity contribution in [2.75, 3.05) is 0 Å². The van der Waals surface area contributed by atoms with E-state index >= 15 is 0 Å². The van der Waals surface area contributed by atoms with E-state index in [1.807, 2.05) is 0 Å². The molecule has 0 aromatic heterocycles. The van der Waals surface area contributed by atoms with Crippen molar-refractivity contribution in [2.24, 2.45) is 0 Å². The summed E-state index contributed by atoms with van der Waals surface area (Å²) in [4.78, 5) is 0. The van der Waals surface area contributed by atoms with Crippen LogP contribution in [0.1, 0.15) is 0 Å². The van der Waals surface area contributed by atoms with Crippen LogP contribution in [-0.2, 0) is 37.7 Å². The standard InChI is InChI=1S/Al.Cr.Ni.4O/q+3;;+2;;;2*-1. The van der Waals surface area contributed by atoms with E-state index in [9.17, 15) is 0 Å². The molecule has 0 aromatic rings. The molecule has 0 N–H and O–H groups in total. The van der Waals surface area contributed by atoms with Gasteiger partial charge in [0.15, 0.2) is 0 Å². The fraction of sp³-hybridized carbons (Fsp3) is 0. The topological polar surface area (TPSA) is 80.3 Å². The molecule has 0 spiro atoms. The summed E-state index contributed by atoms with van der Waals surface area (Å²) in [5.41, 5.74) is 0. The Morgan fingerprint density at radius 3 is 1.14 bits per heavy atom. The van der Waals surface area contributed by atoms with Gasteiger partial charge in [-0.1, -0.05) is 0 Å². The Bertz CT molecular complexity index is 94.9. The second kappa shape index (κ2) is 5.22. The van der Waals surface area contributed by atoms with E-state index in [2.05, 4.69) is 0 Å². The van der Waals surface area contributed by atoms with E-state index in [0.29, 0.717) is 0 Å². The summed E-state index contributed by atoms with van der Waals surface area (Å²) in [6.07, 6.45) is 0. The van der Waals surface area contributed by atoms with E-state index in [1.54, 1.807) is 0 Å². The second-order valence-electron chi connectivity index (χ2n) is 0.408. The van der Waals surface area contributed by atoms with Crippen LogP contribution in [0.15, 0.2) is 0 Å². The third-order valence-corrected chi connectivity index (χ3v) is 0. The average Bonchev–Trinajstić information content (AvgIpc) is 0.722. The van der Waals surface area contributed by atoms with Crippen LogP contribution in [0.5, 0.6) is 0 Å². The van der Waals surface area contributed by atoms with Gasteiger partial charge in [0.25, 0.3) is 0 Å². The first-order valence-corrected chi connectivity index (χ1v) is 2.75. The molecule has 0 saturated heterocycles. The van der Waals surface area contributed by atoms with Crippen molar-refractivity contribution in [3.63, 3.8) is 0 Å². The van der Waals surface area contributed by atoms with Crippen LogP contribution in [0.25, 0.3) is 0 Å². The third kappa shape index (κ3) is 157. The molecule has 0 aliphatic rings. The third-order valence-electron chi connectivity index (χ3n) is 0. The first kappa shape index (κ1) is 15.7. The Labute approximate surface area is 63.4 Å². The minimum atomic E-state index is -5.75. The van der Waals surface area contributed by atoms with Crippen LogP contribution in [0.2, 0.25) is 0 Å². The molecule has 0 bridgehead atoms.